The Hall–Kier alpha value is -0.770. The molecular weight excluding hydrogens is 228 g/mol. The van der Waals surface area contributed by atoms with E-state index < -0.39 is 11.6 Å². The van der Waals surface area contributed by atoms with Crippen LogP contribution in [0.25, 0.3) is 0 Å². The van der Waals surface area contributed by atoms with E-state index in [2.05, 4.69) is 12.2 Å². The minimum atomic E-state index is -0.522. The molecule has 1 rings (SSSR count). The fraction of sp³-hybridized carbons (Fsp3) is 0.500. The maximum Gasteiger partial charge on any atom is 0.152 e. The molecule has 0 aliphatic rings. The molecule has 0 aliphatic heterocycles. The second kappa shape index (κ2) is 6.74. The van der Waals surface area contributed by atoms with Crippen LogP contribution in [0.2, 0.25) is 0 Å². The van der Waals surface area contributed by atoms with Crippen LogP contribution in [0, 0.1) is 18.6 Å². The van der Waals surface area contributed by atoms with Gasteiger partial charge in [0.15, 0.2) is 5.82 Å². The Morgan fingerprint density at radius 2 is 2.06 bits per heavy atom. The van der Waals surface area contributed by atoms with Gasteiger partial charge in [-0.05, 0) is 36.5 Å². The van der Waals surface area contributed by atoms with Gasteiger partial charge in [0.2, 0.25) is 0 Å². The highest BCUT2D eigenvalue weighted by Crippen LogP contribution is 2.21. The van der Waals surface area contributed by atoms with Crippen molar-refractivity contribution in [1.82, 2.24) is 0 Å². The number of hydrogen-bond acceptors (Lipinski definition) is 2. The number of rotatable bonds is 6. The van der Waals surface area contributed by atoms with E-state index in [9.17, 15) is 8.78 Å². The first-order valence-corrected chi connectivity index (χ1v) is 6.58. The maximum absolute atomic E-state index is 13.5. The van der Waals surface area contributed by atoms with Gasteiger partial charge in [0.1, 0.15) is 11.5 Å². The number of thioether (sulfide) groups is 1. The first kappa shape index (κ1) is 13.3. The van der Waals surface area contributed by atoms with Crippen molar-refractivity contribution < 1.29 is 8.78 Å². The second-order valence-corrected chi connectivity index (χ2v) is 4.92. The molecule has 0 spiro atoms. The SMILES string of the molecule is CCSCCCNc1c(F)ccc(C)c1F. The molecule has 0 aliphatic carbocycles. The van der Waals surface area contributed by atoms with Gasteiger partial charge in [-0.1, -0.05) is 13.0 Å². The molecule has 0 amide bonds. The van der Waals surface area contributed by atoms with Crippen LogP contribution in [0.5, 0.6) is 0 Å². The van der Waals surface area contributed by atoms with E-state index in [1.54, 1.807) is 6.92 Å². The average Bonchev–Trinajstić information content (AvgIpc) is 2.28. The number of benzene rings is 1. The van der Waals surface area contributed by atoms with Gasteiger partial charge < -0.3 is 5.32 Å². The van der Waals surface area contributed by atoms with Crippen molar-refractivity contribution in [2.24, 2.45) is 0 Å². The van der Waals surface area contributed by atoms with Crippen molar-refractivity contribution in [3.05, 3.63) is 29.3 Å². The lowest BCUT2D eigenvalue weighted by atomic mass is 10.2. The summed E-state index contributed by atoms with van der Waals surface area (Å²) in [5.74, 6) is 1.08. The molecule has 0 bridgehead atoms. The zero-order valence-electron chi connectivity index (χ0n) is 9.65. The largest absolute Gasteiger partial charge is 0.380 e. The molecule has 1 aromatic carbocycles. The van der Waals surface area contributed by atoms with Crippen LogP contribution in [-0.4, -0.2) is 18.1 Å². The Labute approximate surface area is 99.6 Å². The number of nitrogens with one attached hydrogen (secondary N) is 1. The minimum absolute atomic E-state index is 0.00139. The molecule has 1 nitrogen and oxygen atoms in total. The van der Waals surface area contributed by atoms with E-state index >= 15 is 0 Å². The van der Waals surface area contributed by atoms with Gasteiger partial charge in [-0.25, -0.2) is 8.78 Å². The van der Waals surface area contributed by atoms with Crippen LogP contribution in [-0.2, 0) is 0 Å². The number of anilines is 1. The molecule has 0 aromatic heterocycles. The van der Waals surface area contributed by atoms with Crippen LogP contribution in [0.3, 0.4) is 0 Å². The lowest BCUT2D eigenvalue weighted by Crippen LogP contribution is -2.07. The first-order valence-electron chi connectivity index (χ1n) is 5.43. The molecule has 4 heteroatoms. The second-order valence-electron chi connectivity index (χ2n) is 3.53. The van der Waals surface area contributed by atoms with Gasteiger partial charge in [-0.3, -0.25) is 0 Å². The van der Waals surface area contributed by atoms with Crippen LogP contribution < -0.4 is 5.32 Å². The molecule has 16 heavy (non-hydrogen) atoms. The number of halogens is 2. The van der Waals surface area contributed by atoms with Gasteiger partial charge in [0, 0.05) is 6.54 Å². The van der Waals surface area contributed by atoms with Gasteiger partial charge in [-0.15, -0.1) is 0 Å². The van der Waals surface area contributed by atoms with Crippen molar-refractivity contribution in [3.8, 4) is 0 Å². The standard InChI is InChI=1S/C12H17F2NS/c1-3-16-8-4-7-15-12-10(13)6-5-9(2)11(12)14/h5-6,15H,3-4,7-8H2,1-2H3. The Balaban J connectivity index is 2.50. The van der Waals surface area contributed by atoms with Gasteiger partial charge in [-0.2, -0.15) is 11.8 Å². The molecule has 1 aromatic rings. The van der Waals surface area contributed by atoms with Crippen molar-refractivity contribution in [3.63, 3.8) is 0 Å². The summed E-state index contributed by atoms with van der Waals surface area (Å²) >= 11 is 1.83. The van der Waals surface area contributed by atoms with Crippen LogP contribution >= 0.6 is 11.8 Å². The van der Waals surface area contributed by atoms with Crippen LogP contribution in [0.4, 0.5) is 14.5 Å². The van der Waals surface area contributed by atoms with Crippen LogP contribution in [0.1, 0.15) is 18.9 Å². The Morgan fingerprint density at radius 1 is 1.31 bits per heavy atom. The zero-order chi connectivity index (χ0) is 12.0. The Bertz CT molecular complexity index is 342. The molecule has 0 heterocycles. The van der Waals surface area contributed by atoms with E-state index in [0.29, 0.717) is 12.1 Å². The van der Waals surface area contributed by atoms with E-state index in [0.717, 1.165) is 17.9 Å². The third kappa shape index (κ3) is 3.67. The Morgan fingerprint density at radius 3 is 2.75 bits per heavy atom. The van der Waals surface area contributed by atoms with Gasteiger partial charge in [0.05, 0.1) is 0 Å². The van der Waals surface area contributed by atoms with Gasteiger partial charge in [0.25, 0.3) is 0 Å². The van der Waals surface area contributed by atoms with Gasteiger partial charge >= 0.3 is 0 Å². The first-order chi connectivity index (χ1) is 7.66. The van der Waals surface area contributed by atoms with E-state index in [1.165, 1.54) is 12.1 Å². The summed E-state index contributed by atoms with van der Waals surface area (Å²) in [6.07, 6.45) is 0.908. The maximum atomic E-state index is 13.5. The van der Waals surface area contributed by atoms with Crippen molar-refractivity contribution in [2.45, 2.75) is 20.3 Å². The Kier molecular flexibility index (Phi) is 5.60. The summed E-state index contributed by atoms with van der Waals surface area (Å²) in [5.41, 5.74) is 0.466. The quantitative estimate of drug-likeness (QED) is 0.764. The van der Waals surface area contributed by atoms with Crippen LogP contribution in [0.15, 0.2) is 12.1 Å². The molecule has 90 valence electrons. The third-order valence-electron chi connectivity index (χ3n) is 2.26. The van der Waals surface area contributed by atoms with Crippen molar-refractivity contribution in [2.75, 3.05) is 23.4 Å². The predicted molar refractivity (Wildman–Crippen MR) is 67.2 cm³/mol. The smallest absolute Gasteiger partial charge is 0.152 e. The highest BCUT2D eigenvalue weighted by atomic mass is 32.2. The molecule has 0 unspecified atom stereocenters. The molecule has 0 saturated heterocycles. The summed E-state index contributed by atoms with van der Waals surface area (Å²) in [5, 5.41) is 2.82. The molecule has 1 N–H and O–H groups in total. The number of hydrogen-bond donors (Lipinski definition) is 1. The lowest BCUT2D eigenvalue weighted by molar-refractivity contribution is 0.582. The van der Waals surface area contributed by atoms with Crippen molar-refractivity contribution >= 4 is 17.4 Å². The topological polar surface area (TPSA) is 12.0 Å². The molecule has 0 fully saturated rings. The van der Waals surface area contributed by atoms with E-state index in [-0.39, 0.29) is 5.69 Å². The zero-order valence-corrected chi connectivity index (χ0v) is 10.5. The minimum Gasteiger partial charge on any atom is -0.380 e. The predicted octanol–water partition coefficient (Wildman–Crippen LogP) is 3.83. The molecule has 0 radical (unpaired) electrons. The highest BCUT2D eigenvalue weighted by Gasteiger charge is 2.10. The summed E-state index contributed by atoms with van der Waals surface area (Å²) in [4.78, 5) is 0. The molecule has 0 atom stereocenters. The summed E-state index contributed by atoms with van der Waals surface area (Å²) in [7, 11) is 0. The monoisotopic (exact) mass is 245 g/mol. The van der Waals surface area contributed by atoms with Crippen molar-refractivity contribution in [1.29, 1.82) is 0 Å². The fourth-order valence-corrected chi connectivity index (χ4v) is 1.99. The van der Waals surface area contributed by atoms with E-state index in [4.69, 9.17) is 0 Å². The third-order valence-corrected chi connectivity index (χ3v) is 3.24. The highest BCUT2D eigenvalue weighted by molar-refractivity contribution is 7.99. The summed E-state index contributed by atoms with van der Waals surface area (Å²) in [6, 6.07) is 2.74. The number of aryl methyl sites for hydroxylation is 1. The molecule has 0 saturated carbocycles. The van der Waals surface area contributed by atoms with E-state index in [1.807, 2.05) is 11.8 Å². The summed E-state index contributed by atoms with van der Waals surface area (Å²) in [6.45, 7) is 4.33. The normalized spacial score (nSPS) is 10.5. The lowest BCUT2D eigenvalue weighted by Gasteiger charge is -2.09. The fourth-order valence-electron chi connectivity index (χ4n) is 1.35. The average molecular weight is 245 g/mol. The molecular formula is C12H17F2NS. The summed E-state index contributed by atoms with van der Waals surface area (Å²) < 4.78 is 26.8.